The summed E-state index contributed by atoms with van der Waals surface area (Å²) in [4.78, 5) is 0. The van der Waals surface area contributed by atoms with E-state index in [9.17, 15) is 0 Å². The maximum Gasteiger partial charge on any atom is 0.285 e. The molecule has 0 aromatic heterocycles. The van der Waals surface area contributed by atoms with Crippen LogP contribution in [0.4, 0.5) is 0 Å². The van der Waals surface area contributed by atoms with Gasteiger partial charge in [-0.3, -0.25) is 0 Å². The van der Waals surface area contributed by atoms with Crippen molar-refractivity contribution >= 4 is 0 Å². The highest BCUT2D eigenvalue weighted by Gasteiger charge is 2.39. The van der Waals surface area contributed by atoms with E-state index in [4.69, 9.17) is 19.9 Å². The molecular weight excluding hydrogens is 364 g/mol. The Labute approximate surface area is 178 Å². The Balaban J connectivity index is 2.61. The molecule has 0 saturated heterocycles. The summed E-state index contributed by atoms with van der Waals surface area (Å²) < 4.78 is 17.1. The number of ether oxygens (including phenoxy) is 3. The van der Waals surface area contributed by atoms with Gasteiger partial charge in [0, 0.05) is 46.9 Å². The number of benzene rings is 1. The Kier molecular flexibility index (Phi) is 14.2. The first-order valence-corrected chi connectivity index (χ1v) is 11.3. The lowest BCUT2D eigenvalue weighted by Gasteiger charge is -2.36. The predicted octanol–water partition coefficient (Wildman–Crippen LogP) is 4.63. The molecule has 0 amide bonds. The maximum atomic E-state index is 5.69. The van der Waals surface area contributed by atoms with Gasteiger partial charge >= 0.3 is 0 Å². The van der Waals surface area contributed by atoms with Crippen LogP contribution in [-0.4, -0.2) is 40.4 Å². The van der Waals surface area contributed by atoms with Gasteiger partial charge in [0.2, 0.25) is 0 Å². The third-order valence-electron chi connectivity index (χ3n) is 5.71. The quantitative estimate of drug-likeness (QED) is 0.274. The normalized spacial score (nSPS) is 13.0. The van der Waals surface area contributed by atoms with Crippen molar-refractivity contribution in [2.24, 2.45) is 11.7 Å². The van der Waals surface area contributed by atoms with E-state index in [0.717, 1.165) is 32.4 Å². The second-order valence-electron chi connectivity index (χ2n) is 7.79. The van der Waals surface area contributed by atoms with Crippen molar-refractivity contribution in [2.75, 3.05) is 34.4 Å². The Hall–Kier alpha value is -0.980. The summed E-state index contributed by atoms with van der Waals surface area (Å²) in [5.74, 6) is -0.769. The molecule has 1 aromatic rings. The third kappa shape index (κ3) is 9.58. The highest BCUT2D eigenvalue weighted by molar-refractivity contribution is 5.22. The molecule has 0 heterocycles. The number of aryl methyl sites for hydroxylation is 1. The molecule has 0 aliphatic carbocycles. The van der Waals surface area contributed by atoms with Crippen LogP contribution in [0.25, 0.3) is 0 Å². The molecule has 1 atom stereocenters. The first-order chi connectivity index (χ1) is 14.2. The lowest BCUT2D eigenvalue weighted by molar-refractivity contribution is -0.380. The van der Waals surface area contributed by atoms with E-state index < -0.39 is 5.97 Å². The van der Waals surface area contributed by atoms with Crippen LogP contribution in [-0.2, 0) is 27.2 Å². The Morgan fingerprint density at radius 1 is 0.862 bits per heavy atom. The molecule has 0 aliphatic heterocycles. The Bertz CT molecular complexity index is 495. The molecule has 1 unspecified atom stereocenters. The highest BCUT2D eigenvalue weighted by Crippen LogP contribution is 2.32. The van der Waals surface area contributed by atoms with Gasteiger partial charge < -0.3 is 25.3 Å². The van der Waals surface area contributed by atoms with Gasteiger partial charge in [-0.25, -0.2) is 0 Å². The van der Waals surface area contributed by atoms with Gasteiger partial charge in [-0.05, 0) is 30.4 Å². The van der Waals surface area contributed by atoms with Crippen LogP contribution in [0.1, 0.15) is 69.4 Å². The standard InChI is InChI=1S/C24H44N2O3/c1-5-6-7-8-9-10-11-23(24(27-2,28-3)29-4)17-16-21-12-14-22(15-13-21)20-26-19-18-25/h12-15,23,26H,5-11,16-20,25H2,1-4H3. The molecule has 0 saturated carbocycles. The fraction of sp³-hybridized carbons (Fsp3) is 0.750. The number of rotatable bonds is 18. The van der Waals surface area contributed by atoms with E-state index in [1.807, 2.05) is 0 Å². The van der Waals surface area contributed by atoms with Crippen molar-refractivity contribution in [3.8, 4) is 0 Å². The summed E-state index contributed by atoms with van der Waals surface area (Å²) in [6.07, 6.45) is 10.7. The molecule has 0 aliphatic rings. The predicted molar refractivity (Wildman–Crippen MR) is 121 cm³/mol. The van der Waals surface area contributed by atoms with Crippen LogP contribution in [0.5, 0.6) is 0 Å². The zero-order chi connectivity index (χ0) is 21.4. The van der Waals surface area contributed by atoms with Crippen LogP contribution in [0.2, 0.25) is 0 Å². The lowest BCUT2D eigenvalue weighted by Crippen LogP contribution is -2.44. The molecule has 3 N–H and O–H groups in total. The summed E-state index contributed by atoms with van der Waals surface area (Å²) in [6.45, 7) is 4.62. The molecule has 0 radical (unpaired) electrons. The van der Waals surface area contributed by atoms with Crippen molar-refractivity contribution in [2.45, 2.75) is 77.2 Å². The van der Waals surface area contributed by atoms with Crippen LogP contribution in [0.15, 0.2) is 24.3 Å². The summed E-state index contributed by atoms with van der Waals surface area (Å²) in [6, 6.07) is 8.82. The molecule has 1 rings (SSSR count). The van der Waals surface area contributed by atoms with Gasteiger partial charge in [0.05, 0.1) is 0 Å². The summed E-state index contributed by atoms with van der Waals surface area (Å²) >= 11 is 0. The fourth-order valence-corrected chi connectivity index (χ4v) is 3.92. The number of methoxy groups -OCH3 is 3. The fourth-order valence-electron chi connectivity index (χ4n) is 3.92. The third-order valence-corrected chi connectivity index (χ3v) is 5.71. The molecule has 168 valence electrons. The number of hydrogen-bond acceptors (Lipinski definition) is 5. The van der Waals surface area contributed by atoms with E-state index >= 15 is 0 Å². The first kappa shape index (κ1) is 26.1. The van der Waals surface area contributed by atoms with E-state index in [2.05, 4.69) is 36.5 Å². The number of hydrogen-bond donors (Lipinski definition) is 2. The van der Waals surface area contributed by atoms with Crippen molar-refractivity contribution in [1.29, 1.82) is 0 Å². The Morgan fingerprint density at radius 3 is 2.03 bits per heavy atom. The van der Waals surface area contributed by atoms with Crippen LogP contribution < -0.4 is 11.1 Å². The van der Waals surface area contributed by atoms with Crippen LogP contribution in [0, 0.1) is 5.92 Å². The molecule has 1 aromatic carbocycles. The molecule has 0 bridgehead atoms. The second kappa shape index (κ2) is 15.8. The minimum Gasteiger partial charge on any atom is -0.331 e. The van der Waals surface area contributed by atoms with Crippen LogP contribution >= 0.6 is 0 Å². The lowest BCUT2D eigenvalue weighted by atomic mass is 9.91. The highest BCUT2D eigenvalue weighted by atomic mass is 16.9. The molecule has 5 nitrogen and oxygen atoms in total. The van der Waals surface area contributed by atoms with Gasteiger partial charge in [-0.15, -0.1) is 0 Å². The summed E-state index contributed by atoms with van der Waals surface area (Å²) in [5, 5.41) is 3.33. The Morgan fingerprint density at radius 2 is 1.45 bits per heavy atom. The monoisotopic (exact) mass is 408 g/mol. The van der Waals surface area contributed by atoms with Crippen molar-refractivity contribution in [1.82, 2.24) is 5.32 Å². The van der Waals surface area contributed by atoms with Crippen LogP contribution in [0.3, 0.4) is 0 Å². The van der Waals surface area contributed by atoms with Crippen molar-refractivity contribution in [3.05, 3.63) is 35.4 Å². The number of nitrogens with one attached hydrogen (secondary N) is 1. The first-order valence-electron chi connectivity index (χ1n) is 11.3. The maximum absolute atomic E-state index is 5.69. The smallest absolute Gasteiger partial charge is 0.285 e. The van der Waals surface area contributed by atoms with Gasteiger partial charge in [0.25, 0.3) is 5.97 Å². The van der Waals surface area contributed by atoms with Crippen molar-refractivity contribution < 1.29 is 14.2 Å². The van der Waals surface area contributed by atoms with Gasteiger partial charge in [0.1, 0.15) is 0 Å². The van der Waals surface area contributed by atoms with E-state index in [1.165, 1.54) is 49.7 Å². The van der Waals surface area contributed by atoms with Gasteiger partial charge in [-0.2, -0.15) is 0 Å². The molecular formula is C24H44N2O3. The molecule has 0 fully saturated rings. The zero-order valence-electron chi connectivity index (χ0n) is 19.2. The SMILES string of the molecule is CCCCCCCCC(CCc1ccc(CNCCN)cc1)C(OC)(OC)OC. The van der Waals surface area contributed by atoms with E-state index in [1.54, 1.807) is 21.3 Å². The van der Waals surface area contributed by atoms with Gasteiger partial charge in [0.15, 0.2) is 0 Å². The largest absolute Gasteiger partial charge is 0.331 e. The van der Waals surface area contributed by atoms with E-state index in [-0.39, 0.29) is 5.92 Å². The topological polar surface area (TPSA) is 65.7 Å². The van der Waals surface area contributed by atoms with Gasteiger partial charge in [-0.1, -0.05) is 69.7 Å². The molecule has 5 heteroatoms. The molecule has 29 heavy (non-hydrogen) atoms. The minimum absolute atomic E-state index is 0.194. The minimum atomic E-state index is -0.963. The summed E-state index contributed by atoms with van der Waals surface area (Å²) in [7, 11) is 5.01. The number of nitrogens with two attached hydrogens (primary N) is 1. The average molecular weight is 409 g/mol. The second-order valence-corrected chi connectivity index (χ2v) is 7.79. The zero-order valence-corrected chi connectivity index (χ0v) is 19.2. The van der Waals surface area contributed by atoms with E-state index in [0.29, 0.717) is 6.54 Å². The average Bonchev–Trinajstić information content (AvgIpc) is 2.76. The van der Waals surface area contributed by atoms with Crippen molar-refractivity contribution in [3.63, 3.8) is 0 Å². The summed E-state index contributed by atoms with van der Waals surface area (Å²) in [5.41, 5.74) is 8.14. The molecule has 0 spiro atoms. The number of unbranched alkanes of at least 4 members (excludes halogenated alkanes) is 5.